The van der Waals surface area contributed by atoms with Crippen molar-refractivity contribution in [2.24, 2.45) is 0 Å². The van der Waals surface area contributed by atoms with Gasteiger partial charge in [0.1, 0.15) is 18.1 Å². The van der Waals surface area contributed by atoms with Crippen LogP contribution in [0.5, 0.6) is 11.5 Å². The van der Waals surface area contributed by atoms with E-state index in [2.05, 4.69) is 15.9 Å². The summed E-state index contributed by atoms with van der Waals surface area (Å²) in [5.74, 6) is 0.861. The minimum atomic E-state index is -4.39. The lowest BCUT2D eigenvalue weighted by Crippen LogP contribution is -2.05. The molecule has 0 aromatic heterocycles. The molecule has 0 unspecified atom stereocenters. The Morgan fingerprint density at radius 3 is 2.29 bits per heavy atom. The van der Waals surface area contributed by atoms with Crippen molar-refractivity contribution in [3.05, 3.63) is 58.1 Å². The highest BCUT2D eigenvalue weighted by Crippen LogP contribution is 2.35. The highest BCUT2D eigenvalue weighted by Gasteiger charge is 2.31. The highest BCUT2D eigenvalue weighted by molar-refractivity contribution is 9.10. The monoisotopic (exact) mass is 360 g/mol. The van der Waals surface area contributed by atoms with Gasteiger partial charge >= 0.3 is 6.18 Å². The fourth-order valence-electron chi connectivity index (χ4n) is 1.67. The van der Waals surface area contributed by atoms with E-state index < -0.39 is 11.7 Å². The smallest absolute Gasteiger partial charge is 0.416 e. The quantitative estimate of drug-likeness (QED) is 0.758. The van der Waals surface area contributed by atoms with E-state index in [4.69, 9.17) is 9.47 Å². The van der Waals surface area contributed by atoms with Crippen LogP contribution in [0, 0.1) is 0 Å². The molecule has 0 N–H and O–H groups in total. The summed E-state index contributed by atoms with van der Waals surface area (Å²) in [6.07, 6.45) is -4.39. The predicted octanol–water partition coefficient (Wildman–Crippen LogP) is 5.06. The van der Waals surface area contributed by atoms with Gasteiger partial charge in [0, 0.05) is 0 Å². The molecule has 21 heavy (non-hydrogen) atoms. The molecular formula is C15H12BrF3O2. The van der Waals surface area contributed by atoms with Crippen molar-refractivity contribution in [3.8, 4) is 11.5 Å². The van der Waals surface area contributed by atoms with Gasteiger partial charge in [-0.2, -0.15) is 13.2 Å². The van der Waals surface area contributed by atoms with Crippen LogP contribution >= 0.6 is 15.9 Å². The summed E-state index contributed by atoms with van der Waals surface area (Å²) < 4.78 is 48.9. The molecule has 0 amide bonds. The predicted molar refractivity (Wildman–Crippen MR) is 76.5 cm³/mol. The first-order chi connectivity index (χ1) is 9.90. The lowest BCUT2D eigenvalue weighted by Gasteiger charge is -2.12. The van der Waals surface area contributed by atoms with E-state index in [1.54, 1.807) is 31.4 Å². The number of rotatable bonds is 4. The highest BCUT2D eigenvalue weighted by atomic mass is 79.9. The first kappa shape index (κ1) is 15.7. The van der Waals surface area contributed by atoms with Gasteiger partial charge in [-0.25, -0.2) is 0 Å². The van der Waals surface area contributed by atoms with Crippen LogP contribution in [0.3, 0.4) is 0 Å². The Morgan fingerprint density at radius 2 is 1.71 bits per heavy atom. The fraction of sp³-hybridized carbons (Fsp3) is 0.200. The second-order valence-corrected chi connectivity index (χ2v) is 5.13. The van der Waals surface area contributed by atoms with E-state index in [0.29, 0.717) is 10.2 Å². The van der Waals surface area contributed by atoms with Gasteiger partial charge in [0.05, 0.1) is 17.1 Å². The van der Waals surface area contributed by atoms with Gasteiger partial charge in [-0.3, -0.25) is 0 Å². The Kier molecular flexibility index (Phi) is 4.77. The summed E-state index contributed by atoms with van der Waals surface area (Å²) >= 11 is 3.18. The SMILES string of the molecule is COc1ccc(COc2cc(C(F)(F)F)ccc2Br)cc1. The van der Waals surface area contributed by atoms with Gasteiger partial charge in [-0.15, -0.1) is 0 Å². The molecule has 0 radical (unpaired) electrons. The molecule has 2 nitrogen and oxygen atoms in total. The van der Waals surface area contributed by atoms with Crippen LogP contribution in [0.15, 0.2) is 46.9 Å². The first-order valence-corrected chi connectivity index (χ1v) is 6.82. The molecular weight excluding hydrogens is 349 g/mol. The van der Waals surface area contributed by atoms with Gasteiger partial charge in [0.2, 0.25) is 0 Å². The fourth-order valence-corrected chi connectivity index (χ4v) is 2.03. The normalized spacial score (nSPS) is 11.3. The van der Waals surface area contributed by atoms with Gasteiger partial charge < -0.3 is 9.47 Å². The lowest BCUT2D eigenvalue weighted by atomic mass is 10.2. The van der Waals surface area contributed by atoms with E-state index >= 15 is 0 Å². The molecule has 6 heteroatoms. The number of benzene rings is 2. The van der Waals surface area contributed by atoms with Crippen LogP contribution in [-0.4, -0.2) is 7.11 Å². The third-order valence-electron chi connectivity index (χ3n) is 2.81. The van der Waals surface area contributed by atoms with E-state index in [-0.39, 0.29) is 12.4 Å². The van der Waals surface area contributed by atoms with Gasteiger partial charge in [0.15, 0.2) is 0 Å². The molecule has 0 spiro atoms. The Morgan fingerprint density at radius 1 is 1.05 bits per heavy atom. The zero-order chi connectivity index (χ0) is 15.5. The number of halogens is 4. The van der Waals surface area contributed by atoms with Crippen LogP contribution in [0.2, 0.25) is 0 Å². The maximum Gasteiger partial charge on any atom is 0.416 e. The Bertz CT molecular complexity index is 609. The average molecular weight is 361 g/mol. The van der Waals surface area contributed by atoms with Crippen LogP contribution in [0.25, 0.3) is 0 Å². The number of hydrogen-bond donors (Lipinski definition) is 0. The van der Waals surface area contributed by atoms with Crippen molar-refractivity contribution in [2.45, 2.75) is 12.8 Å². The first-order valence-electron chi connectivity index (χ1n) is 6.02. The van der Waals surface area contributed by atoms with E-state index in [1.807, 2.05) is 0 Å². The molecule has 0 saturated heterocycles. The van der Waals surface area contributed by atoms with Crippen molar-refractivity contribution in [3.63, 3.8) is 0 Å². The third kappa shape index (κ3) is 4.14. The molecule has 0 aliphatic carbocycles. The summed E-state index contributed by atoms with van der Waals surface area (Å²) in [4.78, 5) is 0. The third-order valence-corrected chi connectivity index (χ3v) is 3.47. The maximum absolute atomic E-state index is 12.7. The number of alkyl halides is 3. The second-order valence-electron chi connectivity index (χ2n) is 4.28. The van der Waals surface area contributed by atoms with Crippen molar-refractivity contribution >= 4 is 15.9 Å². The molecule has 2 aromatic carbocycles. The maximum atomic E-state index is 12.7. The Labute approximate surface area is 128 Å². The topological polar surface area (TPSA) is 18.5 Å². The van der Waals surface area contributed by atoms with Crippen molar-refractivity contribution in [1.29, 1.82) is 0 Å². The van der Waals surface area contributed by atoms with Crippen LogP contribution in [-0.2, 0) is 12.8 Å². The van der Waals surface area contributed by atoms with E-state index in [0.717, 1.165) is 17.7 Å². The van der Waals surface area contributed by atoms with E-state index in [9.17, 15) is 13.2 Å². The molecule has 0 bridgehead atoms. The molecule has 0 aliphatic heterocycles. The molecule has 0 aliphatic rings. The molecule has 2 rings (SSSR count). The summed E-state index contributed by atoms with van der Waals surface area (Å²) in [6, 6.07) is 10.4. The number of methoxy groups -OCH3 is 1. The average Bonchev–Trinajstić information content (AvgIpc) is 2.45. The van der Waals surface area contributed by atoms with Crippen LogP contribution < -0.4 is 9.47 Å². The second kappa shape index (κ2) is 6.39. The molecule has 0 fully saturated rings. The lowest BCUT2D eigenvalue weighted by molar-refractivity contribution is -0.137. The molecule has 112 valence electrons. The molecule has 0 atom stereocenters. The zero-order valence-corrected chi connectivity index (χ0v) is 12.7. The summed E-state index contributed by atoms with van der Waals surface area (Å²) in [6.45, 7) is 0.171. The summed E-state index contributed by atoms with van der Waals surface area (Å²) in [7, 11) is 1.56. The van der Waals surface area contributed by atoms with Gasteiger partial charge in [-0.05, 0) is 51.8 Å². The van der Waals surface area contributed by atoms with Gasteiger partial charge in [-0.1, -0.05) is 12.1 Å². The van der Waals surface area contributed by atoms with Crippen molar-refractivity contribution < 1.29 is 22.6 Å². The molecule has 2 aromatic rings. The summed E-state index contributed by atoms with van der Waals surface area (Å²) in [5, 5.41) is 0. The van der Waals surface area contributed by atoms with Crippen molar-refractivity contribution in [2.75, 3.05) is 7.11 Å². The molecule has 0 heterocycles. The van der Waals surface area contributed by atoms with Crippen molar-refractivity contribution in [1.82, 2.24) is 0 Å². The largest absolute Gasteiger partial charge is 0.497 e. The van der Waals surface area contributed by atoms with Crippen LogP contribution in [0.1, 0.15) is 11.1 Å². The summed E-state index contributed by atoms with van der Waals surface area (Å²) in [5.41, 5.74) is 0.0931. The van der Waals surface area contributed by atoms with Crippen LogP contribution in [0.4, 0.5) is 13.2 Å². The zero-order valence-electron chi connectivity index (χ0n) is 11.1. The standard InChI is InChI=1S/C15H12BrF3O2/c1-20-12-5-2-10(3-6-12)9-21-14-8-11(15(17,18)19)4-7-13(14)16/h2-8H,9H2,1H3. The molecule has 0 saturated carbocycles. The van der Waals surface area contributed by atoms with E-state index in [1.165, 1.54) is 6.07 Å². The van der Waals surface area contributed by atoms with Gasteiger partial charge in [0.25, 0.3) is 0 Å². The Hall–Kier alpha value is -1.69. The Balaban J connectivity index is 2.11. The number of ether oxygens (including phenoxy) is 2. The minimum Gasteiger partial charge on any atom is -0.497 e. The minimum absolute atomic E-state index is 0.153. The number of hydrogen-bond acceptors (Lipinski definition) is 2.